The number of hydrogen-bond acceptors (Lipinski definition) is 4. The second-order valence-electron chi connectivity index (χ2n) is 10.6. The Morgan fingerprint density at radius 3 is 1.61 bits per heavy atom. The lowest BCUT2D eigenvalue weighted by Crippen LogP contribution is -2.68. The molecule has 0 aliphatic rings. The second kappa shape index (κ2) is 13.0. The van der Waals surface area contributed by atoms with Gasteiger partial charge in [-0.25, -0.2) is 0 Å². The summed E-state index contributed by atoms with van der Waals surface area (Å²) in [6.45, 7) is 25.6. The number of hydrogen-bond donors (Lipinski definition) is 1. The molecule has 184 valence electrons. The fourth-order valence-corrected chi connectivity index (χ4v) is 12.4. The maximum atomic E-state index is 13.0. The van der Waals surface area contributed by atoms with Crippen LogP contribution in [0, 0.1) is 0 Å². The standard InChI is InChI=1S/C22H51NO4Si4/c1-12-15-29(6,7)25-20(18-28)22(23-21(24)19(4)5,26-30(8,9)16-13-2)27-31(10,11)17-14-3/h20H,4,12-18H2,1-3,5-11,28H3,(H,23,24). The van der Waals surface area contributed by atoms with Crippen LogP contribution < -0.4 is 5.32 Å². The zero-order valence-electron chi connectivity index (χ0n) is 22.4. The van der Waals surface area contributed by atoms with E-state index in [2.05, 4.69) is 71.9 Å². The Morgan fingerprint density at radius 1 is 0.903 bits per heavy atom. The highest BCUT2D eigenvalue weighted by Crippen LogP contribution is 2.34. The molecule has 1 amide bonds. The smallest absolute Gasteiger partial charge is 0.259 e. The zero-order valence-corrected chi connectivity index (χ0v) is 27.4. The third kappa shape index (κ3) is 11.1. The van der Waals surface area contributed by atoms with E-state index in [-0.39, 0.29) is 12.0 Å². The Balaban J connectivity index is 6.57. The van der Waals surface area contributed by atoms with Gasteiger partial charge >= 0.3 is 0 Å². The lowest BCUT2D eigenvalue weighted by molar-refractivity contribution is -0.209. The summed E-state index contributed by atoms with van der Waals surface area (Å²) in [6, 6.07) is 3.91. The van der Waals surface area contributed by atoms with E-state index < -0.39 is 30.9 Å². The first-order chi connectivity index (χ1) is 14.1. The summed E-state index contributed by atoms with van der Waals surface area (Å²) >= 11 is 0. The van der Waals surface area contributed by atoms with Crippen molar-refractivity contribution in [2.75, 3.05) is 0 Å². The largest absolute Gasteiger partial charge is 0.407 e. The van der Waals surface area contributed by atoms with Gasteiger partial charge in [0.2, 0.25) is 5.91 Å². The molecule has 0 rings (SSSR count). The highest BCUT2D eigenvalue weighted by atomic mass is 28.4. The fraction of sp³-hybridized carbons (Fsp3) is 0.864. The molecule has 0 bridgehead atoms. The van der Waals surface area contributed by atoms with E-state index in [0.29, 0.717) is 5.57 Å². The summed E-state index contributed by atoms with van der Waals surface area (Å²) < 4.78 is 20.7. The van der Waals surface area contributed by atoms with Crippen molar-refractivity contribution < 1.29 is 18.1 Å². The van der Waals surface area contributed by atoms with Crippen LogP contribution in [0.1, 0.15) is 47.0 Å². The highest BCUT2D eigenvalue weighted by molar-refractivity contribution is 6.72. The van der Waals surface area contributed by atoms with E-state index in [4.69, 9.17) is 13.3 Å². The molecule has 0 aliphatic heterocycles. The van der Waals surface area contributed by atoms with Crippen LogP contribution in [0.3, 0.4) is 0 Å². The van der Waals surface area contributed by atoms with Crippen molar-refractivity contribution >= 4 is 41.1 Å². The lowest BCUT2D eigenvalue weighted by Gasteiger charge is -2.49. The van der Waals surface area contributed by atoms with Crippen LogP contribution in [0.15, 0.2) is 12.2 Å². The molecule has 0 aromatic rings. The molecule has 1 N–H and O–H groups in total. The minimum absolute atomic E-state index is 0.221. The van der Waals surface area contributed by atoms with Crippen molar-refractivity contribution in [1.29, 1.82) is 0 Å². The van der Waals surface area contributed by atoms with Crippen molar-refractivity contribution in [3.05, 3.63) is 12.2 Å². The van der Waals surface area contributed by atoms with Gasteiger partial charge in [0, 0.05) is 15.8 Å². The van der Waals surface area contributed by atoms with Gasteiger partial charge in [0.05, 0.1) is 0 Å². The summed E-state index contributed by atoms with van der Waals surface area (Å²) in [7, 11) is -5.28. The van der Waals surface area contributed by atoms with Gasteiger partial charge in [0.1, 0.15) is 6.10 Å². The molecule has 1 atom stereocenters. The molecule has 5 nitrogen and oxygen atoms in total. The lowest BCUT2D eigenvalue weighted by atomic mass is 10.2. The van der Waals surface area contributed by atoms with Gasteiger partial charge in [-0.05, 0) is 70.4 Å². The summed E-state index contributed by atoms with van der Waals surface area (Å²) in [6.07, 6.45) is 2.87. The molecule has 0 aromatic carbocycles. The molecular formula is C22H51NO4Si4. The number of carbonyl (C=O) groups excluding carboxylic acids is 1. The molecule has 0 aliphatic carbocycles. The van der Waals surface area contributed by atoms with E-state index in [0.717, 1.165) is 53.7 Å². The fourth-order valence-electron chi connectivity index (χ4n) is 4.15. The number of rotatable bonds is 16. The summed E-state index contributed by atoms with van der Waals surface area (Å²) in [4.78, 5) is 13.0. The zero-order chi connectivity index (χ0) is 24.5. The van der Waals surface area contributed by atoms with Crippen molar-refractivity contribution in [2.24, 2.45) is 0 Å². The predicted octanol–water partition coefficient (Wildman–Crippen LogP) is 5.38. The Morgan fingerprint density at radius 2 is 1.29 bits per heavy atom. The van der Waals surface area contributed by atoms with Crippen LogP contribution in [0.2, 0.25) is 63.5 Å². The quantitative estimate of drug-likeness (QED) is 0.174. The SMILES string of the molecule is C=C(C)C(=O)NC(O[Si](C)(C)CCC)(O[Si](C)(C)CCC)C(C[SiH3])O[Si](C)(C)CCC. The molecule has 0 radical (unpaired) electrons. The van der Waals surface area contributed by atoms with Gasteiger partial charge in [-0.15, -0.1) is 0 Å². The van der Waals surface area contributed by atoms with Gasteiger partial charge < -0.3 is 18.6 Å². The maximum absolute atomic E-state index is 13.0. The summed E-state index contributed by atoms with van der Waals surface area (Å²) in [5.41, 5.74) is 0.457. The highest BCUT2D eigenvalue weighted by Gasteiger charge is 2.51. The molecule has 9 heteroatoms. The average Bonchev–Trinajstić information content (AvgIpc) is 2.58. The molecule has 31 heavy (non-hydrogen) atoms. The van der Waals surface area contributed by atoms with E-state index in [1.165, 1.54) is 0 Å². The molecule has 0 saturated carbocycles. The van der Waals surface area contributed by atoms with E-state index >= 15 is 0 Å². The summed E-state index contributed by atoms with van der Waals surface area (Å²) in [5.74, 6) is -1.47. The molecule has 0 fully saturated rings. The minimum atomic E-state index is -2.13. The number of carbonyl (C=O) groups is 1. The predicted molar refractivity (Wildman–Crippen MR) is 145 cm³/mol. The van der Waals surface area contributed by atoms with Gasteiger partial charge in [-0.1, -0.05) is 46.6 Å². The van der Waals surface area contributed by atoms with Crippen LogP contribution in [0.25, 0.3) is 0 Å². The third-order valence-corrected chi connectivity index (χ3v) is 13.8. The van der Waals surface area contributed by atoms with Crippen molar-refractivity contribution in [1.82, 2.24) is 5.32 Å². The molecule has 0 saturated heterocycles. The van der Waals surface area contributed by atoms with E-state index in [1.807, 2.05) is 0 Å². The van der Waals surface area contributed by atoms with E-state index in [1.54, 1.807) is 6.92 Å². The number of amides is 1. The Hall–Kier alpha value is -0.0425. The monoisotopic (exact) mass is 505 g/mol. The molecule has 1 unspecified atom stereocenters. The minimum Gasteiger partial charge on any atom is -0.407 e. The molecule has 0 heterocycles. The first-order valence-electron chi connectivity index (χ1n) is 12.2. The topological polar surface area (TPSA) is 56.8 Å². The van der Waals surface area contributed by atoms with Crippen LogP contribution >= 0.6 is 0 Å². The van der Waals surface area contributed by atoms with Crippen molar-refractivity contribution in [3.63, 3.8) is 0 Å². The maximum Gasteiger partial charge on any atom is 0.259 e. The van der Waals surface area contributed by atoms with Crippen LogP contribution in [0.4, 0.5) is 0 Å². The number of nitrogens with one attached hydrogen (secondary N) is 1. The summed E-state index contributed by atoms with van der Waals surface area (Å²) in [5, 5.41) is 3.18. The van der Waals surface area contributed by atoms with Crippen LogP contribution in [-0.4, -0.2) is 53.1 Å². The second-order valence-corrected chi connectivity index (χ2v) is 24.2. The third-order valence-electron chi connectivity index (χ3n) is 5.34. The van der Waals surface area contributed by atoms with Crippen molar-refractivity contribution in [2.45, 2.75) is 122 Å². The molecular weight excluding hydrogens is 455 g/mol. The van der Waals surface area contributed by atoms with Gasteiger partial charge in [-0.2, -0.15) is 0 Å². The Labute approximate surface area is 198 Å². The van der Waals surface area contributed by atoms with Crippen LogP contribution in [0.5, 0.6) is 0 Å². The Bertz CT molecular complexity index is 562. The van der Waals surface area contributed by atoms with Crippen molar-refractivity contribution in [3.8, 4) is 0 Å². The first kappa shape index (κ1) is 31.0. The van der Waals surface area contributed by atoms with E-state index in [9.17, 15) is 4.79 Å². The van der Waals surface area contributed by atoms with Crippen LogP contribution in [-0.2, 0) is 18.1 Å². The average molecular weight is 506 g/mol. The first-order valence-corrected chi connectivity index (χ1v) is 22.9. The normalized spacial score (nSPS) is 14.5. The van der Waals surface area contributed by atoms with Gasteiger partial charge in [0.25, 0.3) is 5.91 Å². The molecule has 0 spiro atoms. The Kier molecular flexibility index (Phi) is 13.0. The molecule has 0 aromatic heterocycles. The van der Waals surface area contributed by atoms with Gasteiger partial charge in [-0.3, -0.25) is 4.79 Å². The van der Waals surface area contributed by atoms with Gasteiger partial charge in [0.15, 0.2) is 25.0 Å².